The number of carbonyl (C=O) groups excluding carboxylic acids is 1. The highest BCUT2D eigenvalue weighted by molar-refractivity contribution is 6.81. The molecule has 4 nitrogen and oxygen atoms in total. The van der Waals surface area contributed by atoms with E-state index in [0.29, 0.717) is 12.1 Å². The molecule has 0 aliphatic rings. The smallest absolute Gasteiger partial charge is 0.421 e. The summed E-state index contributed by atoms with van der Waals surface area (Å²) in [5.74, 6) is -2.38. The van der Waals surface area contributed by atoms with E-state index in [1.165, 1.54) is 0 Å². The molecule has 0 saturated carbocycles. The quantitative estimate of drug-likeness (QED) is 0.486. The molecule has 0 unspecified atom stereocenters. The van der Waals surface area contributed by atoms with E-state index in [4.69, 9.17) is 10.0 Å². The van der Waals surface area contributed by atoms with Crippen molar-refractivity contribution < 1.29 is 23.6 Å². The third-order valence-corrected chi connectivity index (χ3v) is 1.28. The van der Waals surface area contributed by atoms with Crippen LogP contribution in [0.15, 0.2) is 12.1 Å². The van der Waals surface area contributed by atoms with Gasteiger partial charge in [-0.25, -0.2) is 0 Å². The number of pyridine rings is 1. The van der Waals surface area contributed by atoms with E-state index in [-0.39, 0.29) is 0 Å². The lowest BCUT2D eigenvalue weighted by Gasteiger charge is -1.98. The Morgan fingerprint density at radius 1 is 1.31 bits per heavy atom. The Labute approximate surface area is 72.0 Å². The average Bonchev–Trinajstić information content (AvgIpc) is 2.01. The van der Waals surface area contributed by atoms with Crippen LogP contribution in [0.4, 0.5) is 8.78 Å². The molecule has 0 aromatic carbocycles. The van der Waals surface area contributed by atoms with Crippen molar-refractivity contribution >= 4 is 12.8 Å². The van der Waals surface area contributed by atoms with Crippen LogP contribution in [0.3, 0.4) is 0 Å². The van der Waals surface area contributed by atoms with Gasteiger partial charge in [0.1, 0.15) is 0 Å². The van der Waals surface area contributed by atoms with Crippen LogP contribution in [0, 0.1) is 11.9 Å². The van der Waals surface area contributed by atoms with Gasteiger partial charge in [-0.05, 0) is 0 Å². The normalized spacial score (nSPS) is 9.85. The molecule has 0 atom stereocenters. The third kappa shape index (κ3) is 2.30. The van der Waals surface area contributed by atoms with Gasteiger partial charge in [0.25, 0.3) is 0 Å². The van der Waals surface area contributed by atoms with Crippen molar-refractivity contribution in [2.24, 2.45) is 0 Å². The molecule has 0 bridgehead atoms. The van der Waals surface area contributed by atoms with Crippen LogP contribution in [0.1, 0.15) is 10.4 Å². The highest BCUT2D eigenvalue weighted by Crippen LogP contribution is 2.05. The first-order valence-corrected chi connectivity index (χ1v) is 3.24. The van der Waals surface area contributed by atoms with E-state index in [2.05, 4.69) is 4.98 Å². The minimum absolute atomic E-state index is 0.472. The predicted octanol–water partition coefficient (Wildman–Crippen LogP) is -0.446. The number of carbonyl (C=O) groups is 1. The zero-order valence-electron chi connectivity index (χ0n) is 6.24. The SMILES string of the molecule is O=C(B(O)O)c1cc(F)nc(F)c1. The first-order valence-electron chi connectivity index (χ1n) is 3.24. The van der Waals surface area contributed by atoms with Crippen LogP contribution < -0.4 is 0 Å². The maximum absolute atomic E-state index is 12.4. The van der Waals surface area contributed by atoms with Gasteiger partial charge in [0.05, 0.1) is 0 Å². The summed E-state index contributed by atoms with van der Waals surface area (Å²) in [7, 11) is -2.28. The standard InChI is InChI=1S/C6H4BF2NO3/c8-4-1-3(2-5(9)10-4)6(11)7(12)13/h1-2,12-13H. The van der Waals surface area contributed by atoms with Gasteiger partial charge in [-0.1, -0.05) is 0 Å². The van der Waals surface area contributed by atoms with Gasteiger partial charge in [0, 0.05) is 17.7 Å². The van der Waals surface area contributed by atoms with Crippen molar-refractivity contribution in [2.75, 3.05) is 0 Å². The molecule has 0 saturated heterocycles. The van der Waals surface area contributed by atoms with Gasteiger partial charge in [-0.2, -0.15) is 13.8 Å². The summed E-state index contributed by atoms with van der Waals surface area (Å²) in [6.07, 6.45) is 0. The van der Waals surface area contributed by atoms with Gasteiger partial charge >= 0.3 is 7.12 Å². The second-order valence-corrected chi connectivity index (χ2v) is 2.24. The lowest BCUT2D eigenvalue weighted by molar-refractivity contribution is 0.103. The Kier molecular flexibility index (Phi) is 2.69. The first-order chi connectivity index (χ1) is 6.00. The molecule has 0 radical (unpaired) electrons. The van der Waals surface area contributed by atoms with Crippen molar-refractivity contribution in [3.8, 4) is 0 Å². The van der Waals surface area contributed by atoms with Gasteiger partial charge in [0.15, 0.2) is 5.68 Å². The fourth-order valence-electron chi connectivity index (χ4n) is 0.756. The molecule has 1 aromatic rings. The highest BCUT2D eigenvalue weighted by atomic mass is 19.1. The highest BCUT2D eigenvalue weighted by Gasteiger charge is 2.22. The van der Waals surface area contributed by atoms with E-state index >= 15 is 0 Å². The minimum Gasteiger partial charge on any atom is -0.421 e. The number of hydrogen-bond donors (Lipinski definition) is 2. The molecule has 0 spiro atoms. The van der Waals surface area contributed by atoms with Crippen LogP contribution >= 0.6 is 0 Å². The van der Waals surface area contributed by atoms with Gasteiger partial charge in [0.2, 0.25) is 11.9 Å². The van der Waals surface area contributed by atoms with E-state index < -0.39 is 30.3 Å². The van der Waals surface area contributed by atoms with Crippen LogP contribution in [0.2, 0.25) is 0 Å². The first kappa shape index (κ1) is 9.75. The minimum atomic E-state index is -2.28. The van der Waals surface area contributed by atoms with E-state index in [0.717, 1.165) is 0 Å². The molecule has 1 aromatic heterocycles. The molecule has 1 rings (SSSR count). The third-order valence-electron chi connectivity index (χ3n) is 1.28. The molecule has 0 fully saturated rings. The number of hydrogen-bond acceptors (Lipinski definition) is 4. The molecule has 0 aliphatic heterocycles. The second-order valence-electron chi connectivity index (χ2n) is 2.24. The van der Waals surface area contributed by atoms with Crippen LogP contribution in [-0.2, 0) is 0 Å². The Morgan fingerprint density at radius 3 is 2.15 bits per heavy atom. The maximum atomic E-state index is 12.4. The van der Waals surface area contributed by atoms with Crippen molar-refractivity contribution in [1.82, 2.24) is 4.98 Å². The van der Waals surface area contributed by atoms with E-state index in [9.17, 15) is 13.6 Å². The fourth-order valence-corrected chi connectivity index (χ4v) is 0.756. The fraction of sp³-hybridized carbons (Fsp3) is 0. The molecule has 0 aliphatic carbocycles. The van der Waals surface area contributed by atoms with Crippen molar-refractivity contribution in [3.05, 3.63) is 29.6 Å². The molecular weight excluding hydrogens is 183 g/mol. The Hall–Kier alpha value is -1.34. The maximum Gasteiger partial charge on any atom is 0.532 e. The van der Waals surface area contributed by atoms with Crippen molar-refractivity contribution in [3.63, 3.8) is 0 Å². The van der Waals surface area contributed by atoms with E-state index in [1.54, 1.807) is 0 Å². The largest absolute Gasteiger partial charge is 0.532 e. The summed E-state index contributed by atoms with van der Waals surface area (Å²) in [6, 6.07) is 1.23. The van der Waals surface area contributed by atoms with Crippen molar-refractivity contribution in [1.29, 1.82) is 0 Å². The number of nitrogens with zero attached hydrogens (tertiary/aromatic N) is 1. The molecule has 1 heterocycles. The summed E-state index contributed by atoms with van der Waals surface area (Å²) in [4.78, 5) is 13.5. The zero-order valence-corrected chi connectivity index (χ0v) is 6.24. The lowest BCUT2D eigenvalue weighted by Crippen LogP contribution is -2.25. The molecule has 0 amide bonds. The predicted molar refractivity (Wildman–Crippen MR) is 38.7 cm³/mol. The Balaban J connectivity index is 3.08. The number of aromatic nitrogens is 1. The average molecular weight is 187 g/mol. The Morgan fingerprint density at radius 2 is 1.77 bits per heavy atom. The lowest BCUT2D eigenvalue weighted by atomic mass is 9.80. The van der Waals surface area contributed by atoms with E-state index in [1.807, 2.05) is 0 Å². The molecule has 68 valence electrons. The Bertz CT molecular complexity index is 324. The number of halogens is 2. The molecule has 2 N–H and O–H groups in total. The topological polar surface area (TPSA) is 70.4 Å². The van der Waals surface area contributed by atoms with Crippen LogP contribution in [-0.4, -0.2) is 27.8 Å². The molecule has 13 heavy (non-hydrogen) atoms. The van der Waals surface area contributed by atoms with Gasteiger partial charge < -0.3 is 10.0 Å². The number of rotatable bonds is 2. The summed E-state index contributed by atoms with van der Waals surface area (Å²) >= 11 is 0. The second kappa shape index (κ2) is 3.59. The summed E-state index contributed by atoms with van der Waals surface area (Å²) in [5.41, 5.74) is -1.65. The monoisotopic (exact) mass is 187 g/mol. The summed E-state index contributed by atoms with van der Waals surface area (Å²) in [5, 5.41) is 16.8. The summed E-state index contributed by atoms with van der Waals surface area (Å²) in [6.45, 7) is 0. The zero-order chi connectivity index (χ0) is 10.0. The van der Waals surface area contributed by atoms with Crippen LogP contribution in [0.5, 0.6) is 0 Å². The van der Waals surface area contributed by atoms with Crippen LogP contribution in [0.25, 0.3) is 0 Å². The molecule has 7 heteroatoms. The molecular formula is C6H4BF2NO3. The van der Waals surface area contributed by atoms with Gasteiger partial charge in [-0.15, -0.1) is 0 Å². The summed E-state index contributed by atoms with van der Waals surface area (Å²) < 4.78 is 24.8. The van der Waals surface area contributed by atoms with Gasteiger partial charge in [-0.3, -0.25) is 4.79 Å². The van der Waals surface area contributed by atoms with Crippen molar-refractivity contribution in [2.45, 2.75) is 0 Å².